The van der Waals surface area contributed by atoms with E-state index in [1.54, 1.807) is 0 Å². The third-order valence-electron chi connectivity index (χ3n) is 8.93. The summed E-state index contributed by atoms with van der Waals surface area (Å²) in [5.74, 6) is -0.280. The first kappa shape index (κ1) is 35.1. The Kier molecular flexibility index (Phi) is 13.1. The van der Waals surface area contributed by atoms with E-state index in [0.29, 0.717) is 36.3 Å². The van der Waals surface area contributed by atoms with Gasteiger partial charge >= 0.3 is 17.7 Å². The van der Waals surface area contributed by atoms with Crippen LogP contribution in [0.2, 0.25) is 0 Å². The number of esters is 1. The van der Waals surface area contributed by atoms with Crippen molar-refractivity contribution >= 4 is 28.9 Å². The Morgan fingerprint density at radius 2 is 1.76 bits per heavy atom. The number of aromatic nitrogens is 4. The maximum absolute atomic E-state index is 13.1. The predicted octanol–water partition coefficient (Wildman–Crippen LogP) is 4.37. The van der Waals surface area contributed by atoms with Crippen LogP contribution in [0.15, 0.2) is 29.1 Å². The molecule has 3 aromatic rings. The molecule has 1 fully saturated rings. The molecule has 2 aromatic heterocycles. The van der Waals surface area contributed by atoms with Crippen LogP contribution >= 0.6 is 0 Å². The van der Waals surface area contributed by atoms with Crippen molar-refractivity contribution in [3.8, 4) is 6.01 Å². The molecule has 252 valence electrons. The summed E-state index contributed by atoms with van der Waals surface area (Å²) in [5.41, 5.74) is 1.89. The Morgan fingerprint density at radius 1 is 1.02 bits per heavy atom. The van der Waals surface area contributed by atoms with Gasteiger partial charge in [-0.2, -0.15) is 9.97 Å². The van der Waals surface area contributed by atoms with Crippen molar-refractivity contribution in [2.75, 3.05) is 46.7 Å². The second kappa shape index (κ2) is 17.2. The lowest BCUT2D eigenvalue weighted by atomic mass is 9.89. The molecular formula is C34H51N7O5. The van der Waals surface area contributed by atoms with E-state index in [1.807, 2.05) is 24.3 Å². The molecule has 1 aliphatic rings. The number of imidazole rings is 1. The van der Waals surface area contributed by atoms with E-state index in [-0.39, 0.29) is 42.4 Å². The van der Waals surface area contributed by atoms with Gasteiger partial charge < -0.3 is 29.6 Å². The van der Waals surface area contributed by atoms with Crippen LogP contribution in [0.4, 0.5) is 5.82 Å². The Balaban J connectivity index is 1.38. The summed E-state index contributed by atoms with van der Waals surface area (Å²) < 4.78 is 12.1. The highest BCUT2D eigenvalue weighted by molar-refractivity contribution is 5.97. The second-order valence-electron chi connectivity index (χ2n) is 12.6. The minimum atomic E-state index is -0.386. The number of H-pyrrole nitrogens is 1. The number of ether oxygens (including phenoxy) is 2. The van der Waals surface area contributed by atoms with Gasteiger partial charge in [0.15, 0.2) is 11.5 Å². The number of aromatic amines is 1. The van der Waals surface area contributed by atoms with Gasteiger partial charge in [0, 0.05) is 18.5 Å². The average Bonchev–Trinajstić information content (AvgIpc) is 3.35. The number of fused-ring (bicyclic) bond motifs is 1. The minimum absolute atomic E-state index is 0.103. The zero-order valence-electron chi connectivity index (χ0n) is 28.1. The van der Waals surface area contributed by atoms with Gasteiger partial charge in [0.25, 0.3) is 0 Å². The van der Waals surface area contributed by atoms with Gasteiger partial charge in [0.05, 0.1) is 26.7 Å². The first-order valence-corrected chi connectivity index (χ1v) is 16.6. The normalized spacial score (nSPS) is 16.7. The Hall–Kier alpha value is -3.77. The lowest BCUT2D eigenvalue weighted by Crippen LogP contribution is -2.40. The Labute approximate surface area is 271 Å². The summed E-state index contributed by atoms with van der Waals surface area (Å²) in [7, 11) is 7.92. The molecule has 0 saturated heterocycles. The number of anilines is 1. The molecule has 0 unspecified atom stereocenters. The van der Waals surface area contributed by atoms with Gasteiger partial charge in [-0.25, -0.2) is 4.79 Å². The molecule has 12 heteroatoms. The van der Waals surface area contributed by atoms with Crippen LogP contribution in [0.3, 0.4) is 0 Å². The molecule has 0 aliphatic heterocycles. The number of carbonyl (C=O) groups is 2. The van der Waals surface area contributed by atoms with E-state index in [1.165, 1.54) is 37.4 Å². The Bertz CT molecular complexity index is 1490. The van der Waals surface area contributed by atoms with Crippen molar-refractivity contribution in [2.24, 2.45) is 0 Å². The van der Waals surface area contributed by atoms with Gasteiger partial charge in [0.2, 0.25) is 5.91 Å². The lowest BCUT2D eigenvalue weighted by molar-refractivity contribution is -0.139. The van der Waals surface area contributed by atoms with Crippen LogP contribution in [0.5, 0.6) is 6.01 Å². The fraction of sp³-hybridized carbons (Fsp3) is 0.618. The topological polar surface area (TPSA) is 135 Å². The van der Waals surface area contributed by atoms with E-state index in [2.05, 4.69) is 58.1 Å². The third kappa shape index (κ3) is 9.86. The summed E-state index contributed by atoms with van der Waals surface area (Å²) in [5, 5.41) is 2.90. The monoisotopic (exact) mass is 637 g/mol. The fourth-order valence-electron chi connectivity index (χ4n) is 6.09. The molecular weight excluding hydrogens is 586 g/mol. The zero-order chi connectivity index (χ0) is 33.1. The van der Waals surface area contributed by atoms with Crippen LogP contribution in [-0.2, 0) is 27.3 Å². The van der Waals surface area contributed by atoms with E-state index in [9.17, 15) is 14.4 Å². The highest BCUT2D eigenvalue weighted by Crippen LogP contribution is 2.25. The van der Waals surface area contributed by atoms with Crippen molar-refractivity contribution in [2.45, 2.75) is 96.2 Å². The molecule has 0 spiro atoms. The van der Waals surface area contributed by atoms with Crippen molar-refractivity contribution in [1.29, 1.82) is 0 Å². The Morgan fingerprint density at radius 3 is 2.48 bits per heavy atom. The van der Waals surface area contributed by atoms with Crippen molar-refractivity contribution in [3.63, 3.8) is 0 Å². The number of nitrogens with zero attached hydrogens (tertiary/aromatic N) is 5. The number of methoxy groups -OCH3 is 1. The van der Waals surface area contributed by atoms with Crippen LogP contribution in [0, 0.1) is 0 Å². The lowest BCUT2D eigenvalue weighted by Gasteiger charge is -2.37. The smallest absolute Gasteiger partial charge is 0.328 e. The molecule has 2 N–H and O–H groups in total. The number of benzene rings is 1. The van der Waals surface area contributed by atoms with Gasteiger partial charge in [-0.3, -0.25) is 14.2 Å². The standard InChI is InChI=1S/C34H51N7O5/c1-6-7-20-46-33-37-31(35-28(42)14-9-8-10-19-40(4)27-17-15-26(16-18-27)39(2)3)30-32(38-33)41(34(44)36-30)23-25-13-11-12-24(21-25)22-29(43)45-5/h11-13,21,26-27H,6-10,14-20,22-23H2,1-5H3,(H,36,44)(H,35,37,38,42)/t26-,27+. The molecule has 1 amide bonds. The molecule has 12 nitrogen and oxygen atoms in total. The fourth-order valence-corrected chi connectivity index (χ4v) is 6.09. The van der Waals surface area contributed by atoms with Gasteiger partial charge in [-0.15, -0.1) is 0 Å². The summed E-state index contributed by atoms with van der Waals surface area (Å²) in [6, 6.07) is 8.86. The quantitative estimate of drug-likeness (QED) is 0.163. The summed E-state index contributed by atoms with van der Waals surface area (Å²) >= 11 is 0. The number of unbranched alkanes of at least 4 members (excludes halogenated alkanes) is 3. The van der Waals surface area contributed by atoms with Gasteiger partial charge in [0.1, 0.15) is 5.52 Å². The van der Waals surface area contributed by atoms with E-state index >= 15 is 0 Å². The second-order valence-corrected chi connectivity index (χ2v) is 12.6. The van der Waals surface area contributed by atoms with Gasteiger partial charge in [-0.05, 0) is 83.8 Å². The predicted molar refractivity (Wildman–Crippen MR) is 179 cm³/mol. The first-order chi connectivity index (χ1) is 22.2. The molecule has 1 aliphatic carbocycles. The molecule has 1 aromatic carbocycles. The van der Waals surface area contributed by atoms with E-state index in [0.717, 1.165) is 49.8 Å². The molecule has 0 bridgehead atoms. The first-order valence-electron chi connectivity index (χ1n) is 16.6. The average molecular weight is 638 g/mol. The molecule has 2 heterocycles. The highest BCUT2D eigenvalue weighted by Gasteiger charge is 2.25. The van der Waals surface area contributed by atoms with Crippen LogP contribution < -0.4 is 15.7 Å². The summed E-state index contributed by atoms with van der Waals surface area (Å²) in [6.45, 7) is 3.72. The number of rotatable bonds is 17. The van der Waals surface area contributed by atoms with Crippen LogP contribution in [-0.4, -0.2) is 94.7 Å². The largest absolute Gasteiger partial charge is 0.469 e. The molecule has 0 radical (unpaired) electrons. The van der Waals surface area contributed by atoms with Crippen LogP contribution in [0.25, 0.3) is 11.2 Å². The number of hydrogen-bond donors (Lipinski definition) is 2. The SMILES string of the molecule is CCCCOc1nc(NC(=O)CCCCCN(C)[C@H]2CC[C@@H](N(C)C)CC2)c2[nH]c(=O)n(Cc3cccc(CC(=O)OC)c3)c2n1. The van der Waals surface area contributed by atoms with Gasteiger partial charge in [-0.1, -0.05) is 44.0 Å². The van der Waals surface area contributed by atoms with Crippen molar-refractivity contribution in [3.05, 3.63) is 45.9 Å². The number of amides is 1. The molecule has 1 saturated carbocycles. The summed E-state index contributed by atoms with van der Waals surface area (Å²) in [4.78, 5) is 54.6. The molecule has 4 rings (SSSR count). The number of nitrogens with one attached hydrogen (secondary N) is 2. The number of hydrogen-bond acceptors (Lipinski definition) is 9. The zero-order valence-corrected chi connectivity index (χ0v) is 28.1. The van der Waals surface area contributed by atoms with E-state index in [4.69, 9.17) is 9.47 Å². The third-order valence-corrected chi connectivity index (χ3v) is 8.93. The number of carbonyl (C=O) groups excluding carboxylic acids is 2. The van der Waals surface area contributed by atoms with E-state index < -0.39 is 0 Å². The maximum Gasteiger partial charge on any atom is 0.328 e. The highest BCUT2D eigenvalue weighted by atomic mass is 16.5. The van der Waals surface area contributed by atoms with Crippen molar-refractivity contribution < 1.29 is 19.1 Å². The maximum atomic E-state index is 13.1. The van der Waals surface area contributed by atoms with Crippen LogP contribution in [0.1, 0.15) is 82.3 Å². The molecule has 46 heavy (non-hydrogen) atoms. The minimum Gasteiger partial charge on any atom is -0.469 e. The summed E-state index contributed by atoms with van der Waals surface area (Å²) in [6.07, 6.45) is 10.0. The molecule has 0 atom stereocenters. The van der Waals surface area contributed by atoms with Crippen molar-refractivity contribution in [1.82, 2.24) is 29.3 Å².